The third-order valence-corrected chi connectivity index (χ3v) is 5.63. The molecule has 3 rings (SSSR count). The van der Waals surface area contributed by atoms with Crippen molar-refractivity contribution >= 4 is 17.5 Å². The molecular formula is C23H33N5O2. The monoisotopic (exact) mass is 411 g/mol. The van der Waals surface area contributed by atoms with Crippen LogP contribution in [0.2, 0.25) is 0 Å². The van der Waals surface area contributed by atoms with Gasteiger partial charge in [0.05, 0.1) is 12.7 Å². The fraction of sp³-hybridized carbons (Fsp3) is 0.522. The van der Waals surface area contributed by atoms with Gasteiger partial charge < -0.3 is 19.7 Å². The van der Waals surface area contributed by atoms with E-state index >= 15 is 0 Å². The lowest BCUT2D eigenvalue weighted by molar-refractivity contribution is -0.128. The third kappa shape index (κ3) is 5.69. The summed E-state index contributed by atoms with van der Waals surface area (Å²) in [4.78, 5) is 34.1. The Morgan fingerprint density at radius 1 is 1.23 bits per heavy atom. The zero-order chi connectivity index (χ0) is 21.3. The SMILES string of the molecule is CCCCN(C)CCCNC(=O)C[C@@H](C(=O)N1CCc2ccccc21)n1ccnc1. The van der Waals surface area contributed by atoms with Gasteiger partial charge in [-0.15, -0.1) is 0 Å². The molecule has 2 amide bonds. The van der Waals surface area contributed by atoms with E-state index in [4.69, 9.17) is 0 Å². The van der Waals surface area contributed by atoms with E-state index in [-0.39, 0.29) is 18.2 Å². The molecule has 1 atom stereocenters. The first kappa shape index (κ1) is 22.0. The molecular weight excluding hydrogens is 378 g/mol. The second-order valence-electron chi connectivity index (χ2n) is 7.96. The summed E-state index contributed by atoms with van der Waals surface area (Å²) in [7, 11) is 2.11. The first-order valence-corrected chi connectivity index (χ1v) is 10.9. The number of carbonyl (C=O) groups is 2. The Morgan fingerprint density at radius 2 is 2.03 bits per heavy atom. The first-order chi connectivity index (χ1) is 14.6. The van der Waals surface area contributed by atoms with E-state index in [9.17, 15) is 9.59 Å². The molecule has 30 heavy (non-hydrogen) atoms. The van der Waals surface area contributed by atoms with Crippen LogP contribution in [0.4, 0.5) is 5.69 Å². The number of unbranched alkanes of at least 4 members (excludes halogenated alkanes) is 1. The molecule has 1 aliphatic heterocycles. The minimum atomic E-state index is -0.592. The zero-order valence-corrected chi connectivity index (χ0v) is 18.1. The van der Waals surface area contributed by atoms with E-state index in [1.54, 1.807) is 28.2 Å². The van der Waals surface area contributed by atoms with Crippen LogP contribution in [0.3, 0.4) is 0 Å². The lowest BCUT2D eigenvalue weighted by atomic mass is 10.1. The van der Waals surface area contributed by atoms with Crippen molar-refractivity contribution in [3.05, 3.63) is 48.5 Å². The van der Waals surface area contributed by atoms with Gasteiger partial charge in [-0.05, 0) is 51.0 Å². The highest BCUT2D eigenvalue weighted by Crippen LogP contribution is 2.30. The molecule has 0 radical (unpaired) electrons. The fourth-order valence-corrected chi connectivity index (χ4v) is 3.89. The van der Waals surface area contributed by atoms with Crippen molar-refractivity contribution in [3.8, 4) is 0 Å². The number of anilines is 1. The lowest BCUT2D eigenvalue weighted by Gasteiger charge is -2.25. The fourth-order valence-electron chi connectivity index (χ4n) is 3.89. The number of imidazole rings is 1. The number of rotatable bonds is 11. The van der Waals surface area contributed by atoms with E-state index in [0.717, 1.165) is 31.6 Å². The van der Waals surface area contributed by atoms with Crippen molar-refractivity contribution in [1.29, 1.82) is 0 Å². The van der Waals surface area contributed by atoms with Crippen LogP contribution in [0, 0.1) is 0 Å². The standard InChI is InChI=1S/C23H33N5O2/c1-3-4-13-26(2)14-7-11-25-22(29)17-21(27-16-12-24-18-27)23(30)28-15-10-19-8-5-6-9-20(19)28/h5-6,8-9,12,16,18,21H,3-4,7,10-11,13-15,17H2,1-2H3,(H,25,29)/t21-/m0/s1. The highest BCUT2D eigenvalue weighted by molar-refractivity contribution is 6.00. The molecule has 0 fully saturated rings. The number of hydrogen-bond donors (Lipinski definition) is 1. The number of benzene rings is 1. The van der Waals surface area contributed by atoms with Crippen molar-refractivity contribution in [2.45, 2.75) is 45.1 Å². The van der Waals surface area contributed by atoms with E-state index in [2.05, 4.69) is 35.2 Å². The lowest BCUT2D eigenvalue weighted by Crippen LogP contribution is -2.39. The number of para-hydroxylation sites is 1. The molecule has 0 aliphatic carbocycles. The van der Waals surface area contributed by atoms with E-state index in [1.807, 2.05) is 18.2 Å². The van der Waals surface area contributed by atoms with Gasteiger partial charge in [-0.1, -0.05) is 31.5 Å². The minimum absolute atomic E-state index is 0.0626. The smallest absolute Gasteiger partial charge is 0.250 e. The van der Waals surface area contributed by atoms with Crippen LogP contribution < -0.4 is 10.2 Å². The normalized spacial score (nSPS) is 14.0. The minimum Gasteiger partial charge on any atom is -0.356 e. The van der Waals surface area contributed by atoms with Gasteiger partial charge in [-0.2, -0.15) is 0 Å². The summed E-state index contributed by atoms with van der Waals surface area (Å²) in [5, 5.41) is 2.98. The molecule has 1 aliphatic rings. The number of hydrogen-bond acceptors (Lipinski definition) is 4. The molecule has 2 heterocycles. The second-order valence-corrected chi connectivity index (χ2v) is 7.96. The van der Waals surface area contributed by atoms with Crippen LogP contribution in [0.15, 0.2) is 43.0 Å². The number of carbonyl (C=O) groups excluding carboxylic acids is 2. The largest absolute Gasteiger partial charge is 0.356 e. The van der Waals surface area contributed by atoms with Gasteiger partial charge in [0.2, 0.25) is 5.91 Å². The summed E-state index contributed by atoms with van der Waals surface area (Å²) in [5.41, 5.74) is 2.12. The van der Waals surface area contributed by atoms with E-state index < -0.39 is 6.04 Å². The number of aromatic nitrogens is 2. The maximum Gasteiger partial charge on any atom is 0.250 e. The number of nitrogens with zero attached hydrogens (tertiary/aromatic N) is 4. The van der Waals surface area contributed by atoms with Crippen LogP contribution in [0.1, 0.15) is 44.2 Å². The highest BCUT2D eigenvalue weighted by Gasteiger charge is 2.32. The predicted molar refractivity (Wildman–Crippen MR) is 118 cm³/mol. The van der Waals surface area contributed by atoms with Crippen LogP contribution >= 0.6 is 0 Å². The van der Waals surface area contributed by atoms with Crippen LogP contribution in [-0.2, 0) is 16.0 Å². The Labute approximate surface area is 179 Å². The summed E-state index contributed by atoms with van der Waals surface area (Å²) in [6.07, 6.45) is 9.23. The Morgan fingerprint density at radius 3 is 2.80 bits per heavy atom. The van der Waals surface area contributed by atoms with E-state index in [1.165, 1.54) is 18.4 Å². The van der Waals surface area contributed by atoms with Crippen molar-refractivity contribution in [2.75, 3.05) is 38.1 Å². The van der Waals surface area contributed by atoms with Gasteiger partial charge in [-0.25, -0.2) is 4.98 Å². The Hall–Kier alpha value is -2.67. The molecule has 0 saturated carbocycles. The molecule has 162 valence electrons. The van der Waals surface area contributed by atoms with Crippen LogP contribution in [0.25, 0.3) is 0 Å². The van der Waals surface area contributed by atoms with Crippen molar-refractivity contribution < 1.29 is 9.59 Å². The van der Waals surface area contributed by atoms with Crippen molar-refractivity contribution in [2.24, 2.45) is 0 Å². The number of fused-ring (bicyclic) bond motifs is 1. The molecule has 0 unspecified atom stereocenters. The van der Waals surface area contributed by atoms with Gasteiger partial charge in [0.25, 0.3) is 5.91 Å². The zero-order valence-electron chi connectivity index (χ0n) is 18.1. The molecule has 2 aromatic rings. The molecule has 0 saturated heterocycles. The van der Waals surface area contributed by atoms with Gasteiger partial charge in [0.1, 0.15) is 6.04 Å². The summed E-state index contributed by atoms with van der Waals surface area (Å²) in [6, 6.07) is 7.37. The molecule has 7 heteroatoms. The van der Waals surface area contributed by atoms with Gasteiger partial charge in [0, 0.05) is 31.2 Å². The summed E-state index contributed by atoms with van der Waals surface area (Å²) in [5.74, 6) is -0.168. The molecule has 1 aromatic carbocycles. The Balaban J connectivity index is 1.56. The van der Waals surface area contributed by atoms with Crippen molar-refractivity contribution in [1.82, 2.24) is 19.8 Å². The number of nitrogens with one attached hydrogen (secondary N) is 1. The van der Waals surface area contributed by atoms with Gasteiger partial charge >= 0.3 is 0 Å². The average molecular weight is 412 g/mol. The topological polar surface area (TPSA) is 70.5 Å². The quantitative estimate of drug-likeness (QED) is 0.577. The molecule has 1 aromatic heterocycles. The number of amides is 2. The van der Waals surface area contributed by atoms with Crippen LogP contribution in [0.5, 0.6) is 0 Å². The van der Waals surface area contributed by atoms with E-state index in [0.29, 0.717) is 13.1 Å². The summed E-state index contributed by atoms with van der Waals surface area (Å²) in [6.45, 7) is 5.49. The molecule has 1 N–H and O–H groups in total. The van der Waals surface area contributed by atoms with Crippen LogP contribution in [-0.4, -0.2) is 59.5 Å². The summed E-state index contributed by atoms with van der Waals surface area (Å²) >= 11 is 0. The maximum atomic E-state index is 13.4. The molecule has 0 spiro atoms. The van der Waals surface area contributed by atoms with Gasteiger partial charge in [-0.3, -0.25) is 9.59 Å². The Kier molecular flexibility index (Phi) is 8.02. The summed E-state index contributed by atoms with van der Waals surface area (Å²) < 4.78 is 1.74. The molecule has 0 bridgehead atoms. The third-order valence-electron chi connectivity index (χ3n) is 5.63. The maximum absolute atomic E-state index is 13.4. The molecule has 7 nitrogen and oxygen atoms in total. The highest BCUT2D eigenvalue weighted by atomic mass is 16.2. The average Bonchev–Trinajstić information content (AvgIpc) is 3.43. The van der Waals surface area contributed by atoms with Crippen molar-refractivity contribution in [3.63, 3.8) is 0 Å². The first-order valence-electron chi connectivity index (χ1n) is 10.9. The van der Waals surface area contributed by atoms with Gasteiger partial charge in [0.15, 0.2) is 0 Å². The predicted octanol–water partition coefficient (Wildman–Crippen LogP) is 2.64. The second kappa shape index (κ2) is 10.9. The Bertz CT molecular complexity index is 821.